The van der Waals surface area contributed by atoms with Crippen LogP contribution in [0.5, 0.6) is 0 Å². The van der Waals surface area contributed by atoms with Gasteiger partial charge in [0.15, 0.2) is 0 Å². The number of rotatable bonds is 1. The van der Waals surface area contributed by atoms with E-state index in [1.807, 2.05) is 0 Å². The van der Waals surface area contributed by atoms with Crippen molar-refractivity contribution in [2.45, 2.75) is 37.8 Å². The van der Waals surface area contributed by atoms with Gasteiger partial charge in [0.2, 0.25) is 0 Å². The molecule has 60 valence electrons. The lowest BCUT2D eigenvalue weighted by atomic mass is 10.0. The van der Waals surface area contributed by atoms with Crippen molar-refractivity contribution in [3.63, 3.8) is 0 Å². The van der Waals surface area contributed by atoms with Crippen LogP contribution in [0.3, 0.4) is 0 Å². The topological polar surface area (TPSA) is 63.2 Å². The van der Waals surface area contributed by atoms with E-state index in [0.29, 0.717) is 12.8 Å². The molecule has 0 saturated heterocycles. The predicted octanol–water partition coefficient (Wildman–Crippen LogP) is 0.233. The van der Waals surface area contributed by atoms with E-state index >= 15 is 0 Å². The highest BCUT2D eigenvalue weighted by molar-refractivity contribution is 7.49. The summed E-state index contributed by atoms with van der Waals surface area (Å²) < 4.78 is 10.5. The molecule has 0 amide bonds. The lowest BCUT2D eigenvalue weighted by Gasteiger charge is -2.40. The summed E-state index contributed by atoms with van der Waals surface area (Å²) in [5.74, 6) is 0. The summed E-state index contributed by atoms with van der Waals surface area (Å²) in [6.07, 6.45) is 4.06. The Bertz CT molecular complexity index is 145. The molecule has 0 aromatic heterocycles. The molecule has 0 bridgehead atoms. The Labute approximate surface area is 60.6 Å². The normalized spacial score (nSPS) is 23.0. The van der Waals surface area contributed by atoms with E-state index < -0.39 is 13.3 Å². The molecule has 0 N–H and O–H groups in total. The monoisotopic (exact) mass is 162 g/mol. The molecular weight excluding hydrogens is 151 g/mol. The van der Waals surface area contributed by atoms with Crippen molar-refractivity contribution in [1.82, 2.24) is 0 Å². The van der Waals surface area contributed by atoms with Gasteiger partial charge in [-0.15, -0.1) is 0 Å². The molecule has 1 saturated carbocycles. The van der Waals surface area contributed by atoms with Crippen LogP contribution in [0.2, 0.25) is 0 Å². The van der Waals surface area contributed by atoms with Gasteiger partial charge in [0.05, 0.1) is 0 Å². The van der Waals surface area contributed by atoms with Crippen LogP contribution in [0.1, 0.15) is 32.1 Å². The van der Waals surface area contributed by atoms with Crippen molar-refractivity contribution in [2.75, 3.05) is 0 Å². The summed E-state index contributed by atoms with van der Waals surface area (Å²) in [5.41, 5.74) is -0.554. The second-order valence-corrected chi connectivity index (χ2v) is 4.64. The van der Waals surface area contributed by atoms with Gasteiger partial charge in [-0.25, -0.2) is 0 Å². The minimum absolute atomic E-state index is 0.554. The van der Waals surface area contributed by atoms with Crippen LogP contribution in [0, 0.1) is 0 Å². The fraction of sp³-hybridized carbons (Fsp3) is 1.00. The fourth-order valence-electron chi connectivity index (χ4n) is 1.40. The quantitative estimate of drug-likeness (QED) is 0.518. The molecule has 0 aromatic rings. The largest absolute Gasteiger partial charge is 0.811 e. The summed E-state index contributed by atoms with van der Waals surface area (Å²) in [6, 6.07) is 0. The van der Waals surface area contributed by atoms with Crippen LogP contribution in [-0.2, 0) is 4.57 Å². The van der Waals surface area contributed by atoms with Crippen molar-refractivity contribution in [1.29, 1.82) is 0 Å². The van der Waals surface area contributed by atoms with Gasteiger partial charge in [-0.3, -0.25) is 0 Å². The molecule has 1 aliphatic rings. The second-order valence-electron chi connectivity index (χ2n) is 2.83. The molecule has 0 unspecified atom stereocenters. The second kappa shape index (κ2) is 3.04. The SMILES string of the molecule is O=P([O-])([O-])C1CCCCC1. The van der Waals surface area contributed by atoms with Crippen LogP contribution in [0.15, 0.2) is 0 Å². The minimum Gasteiger partial charge on any atom is -0.811 e. The van der Waals surface area contributed by atoms with E-state index in [2.05, 4.69) is 0 Å². The van der Waals surface area contributed by atoms with Gasteiger partial charge < -0.3 is 14.4 Å². The molecule has 1 fully saturated rings. The lowest BCUT2D eigenvalue weighted by Crippen LogP contribution is -2.27. The van der Waals surface area contributed by atoms with Crippen molar-refractivity contribution in [3.8, 4) is 0 Å². The summed E-state index contributed by atoms with van der Waals surface area (Å²) in [4.78, 5) is 20.9. The maximum atomic E-state index is 10.5. The van der Waals surface area contributed by atoms with E-state index in [0.717, 1.165) is 19.3 Å². The van der Waals surface area contributed by atoms with Crippen LogP contribution in [0.4, 0.5) is 0 Å². The molecule has 4 heteroatoms. The Morgan fingerprint density at radius 1 is 1.10 bits per heavy atom. The zero-order valence-corrected chi connectivity index (χ0v) is 6.68. The average Bonchev–Trinajstić information content (AvgIpc) is 1.88. The Morgan fingerprint density at radius 3 is 1.90 bits per heavy atom. The van der Waals surface area contributed by atoms with Gasteiger partial charge in [0.25, 0.3) is 0 Å². The highest BCUT2D eigenvalue weighted by atomic mass is 31.2. The first-order valence-corrected chi connectivity index (χ1v) is 5.23. The van der Waals surface area contributed by atoms with Crippen molar-refractivity contribution in [2.24, 2.45) is 0 Å². The van der Waals surface area contributed by atoms with Crippen LogP contribution in [0.25, 0.3) is 0 Å². The van der Waals surface area contributed by atoms with E-state index in [1.54, 1.807) is 0 Å². The molecule has 0 spiro atoms. The highest BCUT2D eigenvalue weighted by Crippen LogP contribution is 2.40. The Hall–Kier alpha value is 0.150. The highest BCUT2D eigenvalue weighted by Gasteiger charge is 2.15. The van der Waals surface area contributed by atoms with Gasteiger partial charge in [-0.1, -0.05) is 26.9 Å². The third kappa shape index (κ3) is 2.08. The van der Waals surface area contributed by atoms with Crippen LogP contribution < -0.4 is 9.79 Å². The summed E-state index contributed by atoms with van der Waals surface area (Å²) in [5, 5.41) is 0. The summed E-state index contributed by atoms with van der Waals surface area (Å²) in [7, 11) is -4.24. The molecule has 1 aliphatic carbocycles. The third-order valence-corrected chi connectivity index (χ3v) is 3.43. The predicted molar refractivity (Wildman–Crippen MR) is 34.5 cm³/mol. The van der Waals surface area contributed by atoms with Gasteiger partial charge in [-0.2, -0.15) is 0 Å². The maximum absolute atomic E-state index is 10.5. The zero-order chi connectivity index (χ0) is 7.61. The first kappa shape index (κ1) is 8.25. The molecule has 0 aromatic carbocycles. The molecular formula is C6H11O3P-2. The molecule has 0 radical (unpaired) electrons. The van der Waals surface area contributed by atoms with E-state index in [1.165, 1.54) is 0 Å². The van der Waals surface area contributed by atoms with Gasteiger partial charge >= 0.3 is 0 Å². The molecule has 1 rings (SSSR count). The van der Waals surface area contributed by atoms with Crippen molar-refractivity contribution in [3.05, 3.63) is 0 Å². The third-order valence-electron chi connectivity index (χ3n) is 2.02. The molecule has 3 nitrogen and oxygen atoms in total. The van der Waals surface area contributed by atoms with Gasteiger partial charge in [-0.05, 0) is 18.5 Å². The van der Waals surface area contributed by atoms with E-state index in [-0.39, 0.29) is 0 Å². The first-order valence-electron chi connectivity index (χ1n) is 3.62. The summed E-state index contributed by atoms with van der Waals surface area (Å²) >= 11 is 0. The number of hydrogen-bond donors (Lipinski definition) is 0. The minimum atomic E-state index is -4.24. The molecule has 10 heavy (non-hydrogen) atoms. The van der Waals surface area contributed by atoms with E-state index in [9.17, 15) is 14.4 Å². The molecule has 0 aliphatic heterocycles. The van der Waals surface area contributed by atoms with Gasteiger partial charge in [0.1, 0.15) is 0 Å². The number of hydrogen-bond acceptors (Lipinski definition) is 3. The lowest BCUT2D eigenvalue weighted by molar-refractivity contribution is -0.317. The Balaban J connectivity index is 2.47. The Morgan fingerprint density at radius 2 is 1.60 bits per heavy atom. The maximum Gasteiger partial charge on any atom is -0.0134 e. The van der Waals surface area contributed by atoms with Crippen molar-refractivity contribution >= 4 is 7.60 Å². The first-order chi connectivity index (χ1) is 4.61. The molecule has 0 atom stereocenters. The van der Waals surface area contributed by atoms with Crippen LogP contribution in [-0.4, -0.2) is 5.66 Å². The standard InChI is InChI=1S/C6H13O3P/c7-10(8,9)6-4-2-1-3-5-6/h6H,1-5H2,(H2,7,8,9)/p-2. The fourth-order valence-corrected chi connectivity index (χ4v) is 2.39. The smallest absolute Gasteiger partial charge is 0.0134 e. The van der Waals surface area contributed by atoms with Gasteiger partial charge in [0, 0.05) is 0 Å². The van der Waals surface area contributed by atoms with Crippen LogP contribution >= 0.6 is 7.60 Å². The Kier molecular flexibility index (Phi) is 2.50. The summed E-state index contributed by atoms with van der Waals surface area (Å²) in [6.45, 7) is 0. The average molecular weight is 162 g/mol. The molecule has 0 heterocycles. The van der Waals surface area contributed by atoms with Crippen molar-refractivity contribution < 1.29 is 14.4 Å². The zero-order valence-electron chi connectivity index (χ0n) is 5.78. The van der Waals surface area contributed by atoms with E-state index in [4.69, 9.17) is 0 Å².